The van der Waals surface area contributed by atoms with Crippen molar-refractivity contribution in [2.75, 3.05) is 6.61 Å². The monoisotopic (exact) mass is 172 g/mol. The van der Waals surface area contributed by atoms with Crippen molar-refractivity contribution in [2.24, 2.45) is 5.92 Å². The van der Waals surface area contributed by atoms with Crippen LogP contribution in [0.5, 0.6) is 0 Å². The van der Waals surface area contributed by atoms with Gasteiger partial charge in [0.2, 0.25) is 0 Å². The second-order valence-electron chi connectivity index (χ2n) is 4.79. The van der Waals surface area contributed by atoms with Gasteiger partial charge in [-0.2, -0.15) is 0 Å². The summed E-state index contributed by atoms with van der Waals surface area (Å²) >= 11 is 0. The van der Waals surface area contributed by atoms with E-state index >= 15 is 0 Å². The van der Waals surface area contributed by atoms with E-state index in [0.29, 0.717) is 12.5 Å². The third-order valence-corrected chi connectivity index (χ3v) is 2.83. The van der Waals surface area contributed by atoms with Gasteiger partial charge in [-0.1, -0.05) is 13.8 Å². The van der Waals surface area contributed by atoms with Crippen LogP contribution in [0, 0.1) is 5.92 Å². The molecule has 1 unspecified atom stereocenters. The average Bonchev–Trinajstić information content (AvgIpc) is 1.83. The van der Waals surface area contributed by atoms with Crippen molar-refractivity contribution in [3.8, 4) is 0 Å². The molecule has 0 amide bonds. The molecule has 1 heterocycles. The number of aliphatic hydroxyl groups is 1. The molecule has 0 bridgehead atoms. The Bertz CT molecular complexity index is 163. The Hall–Kier alpha value is -0.0800. The van der Waals surface area contributed by atoms with Gasteiger partial charge >= 0.3 is 0 Å². The Labute approximate surface area is 74.9 Å². The van der Waals surface area contributed by atoms with E-state index in [9.17, 15) is 5.11 Å². The third kappa shape index (κ3) is 1.99. The zero-order chi connectivity index (χ0) is 9.41. The largest absolute Gasteiger partial charge is 0.389 e. The summed E-state index contributed by atoms with van der Waals surface area (Å²) in [6, 6.07) is 0. The highest BCUT2D eigenvalue weighted by molar-refractivity contribution is 4.92. The molecule has 1 saturated heterocycles. The molecule has 1 N–H and O–H groups in total. The standard InChI is InChI=1S/C10H20O2/c1-8(2)10(11)5-6-12-9(3,4)7-10/h8,11H,5-7H2,1-4H3. The van der Waals surface area contributed by atoms with Crippen LogP contribution in [-0.2, 0) is 4.74 Å². The molecule has 0 aromatic heterocycles. The molecule has 1 aliphatic heterocycles. The number of ether oxygens (including phenoxy) is 1. The second kappa shape index (κ2) is 3.00. The lowest BCUT2D eigenvalue weighted by atomic mass is 9.77. The van der Waals surface area contributed by atoms with E-state index in [1.165, 1.54) is 0 Å². The third-order valence-electron chi connectivity index (χ3n) is 2.83. The van der Waals surface area contributed by atoms with Crippen molar-refractivity contribution < 1.29 is 9.84 Å². The molecule has 0 spiro atoms. The fourth-order valence-electron chi connectivity index (χ4n) is 1.87. The summed E-state index contributed by atoms with van der Waals surface area (Å²) in [4.78, 5) is 0. The molecular weight excluding hydrogens is 152 g/mol. The van der Waals surface area contributed by atoms with Crippen LogP contribution < -0.4 is 0 Å². The molecule has 2 heteroatoms. The van der Waals surface area contributed by atoms with Gasteiger partial charge < -0.3 is 9.84 Å². The van der Waals surface area contributed by atoms with Crippen LogP contribution in [0.4, 0.5) is 0 Å². The van der Waals surface area contributed by atoms with Gasteiger partial charge in [0.15, 0.2) is 0 Å². The van der Waals surface area contributed by atoms with Gasteiger partial charge in [0, 0.05) is 6.42 Å². The van der Waals surface area contributed by atoms with Crippen LogP contribution >= 0.6 is 0 Å². The Morgan fingerprint density at radius 2 is 1.92 bits per heavy atom. The lowest BCUT2D eigenvalue weighted by molar-refractivity contribution is -0.160. The van der Waals surface area contributed by atoms with Crippen LogP contribution in [0.15, 0.2) is 0 Å². The Morgan fingerprint density at radius 1 is 1.33 bits per heavy atom. The maximum absolute atomic E-state index is 10.2. The SMILES string of the molecule is CC(C)C1(O)CCOC(C)(C)C1. The van der Waals surface area contributed by atoms with E-state index in [0.717, 1.165) is 12.8 Å². The molecule has 1 rings (SSSR count). The predicted molar refractivity (Wildman–Crippen MR) is 49.1 cm³/mol. The van der Waals surface area contributed by atoms with Gasteiger partial charge in [-0.25, -0.2) is 0 Å². The lowest BCUT2D eigenvalue weighted by Gasteiger charge is -2.43. The molecule has 1 fully saturated rings. The Balaban J connectivity index is 2.68. The number of hydrogen-bond donors (Lipinski definition) is 1. The van der Waals surface area contributed by atoms with Crippen molar-refractivity contribution in [2.45, 2.75) is 51.7 Å². The summed E-state index contributed by atoms with van der Waals surface area (Å²) in [6.45, 7) is 8.91. The minimum absolute atomic E-state index is 0.155. The zero-order valence-corrected chi connectivity index (χ0v) is 8.55. The molecule has 72 valence electrons. The summed E-state index contributed by atoms with van der Waals surface area (Å²) in [6.07, 6.45) is 1.52. The van der Waals surface area contributed by atoms with Crippen LogP contribution in [-0.4, -0.2) is 22.9 Å². The zero-order valence-electron chi connectivity index (χ0n) is 8.55. The van der Waals surface area contributed by atoms with Gasteiger partial charge in [-0.05, 0) is 26.2 Å². The van der Waals surface area contributed by atoms with Gasteiger partial charge in [-0.15, -0.1) is 0 Å². The first-order chi connectivity index (χ1) is 5.36. The lowest BCUT2D eigenvalue weighted by Crippen LogP contribution is -2.48. The van der Waals surface area contributed by atoms with Gasteiger partial charge in [0.05, 0.1) is 17.8 Å². The van der Waals surface area contributed by atoms with E-state index < -0.39 is 5.60 Å². The van der Waals surface area contributed by atoms with Crippen LogP contribution in [0.2, 0.25) is 0 Å². The quantitative estimate of drug-likeness (QED) is 0.655. The first-order valence-corrected chi connectivity index (χ1v) is 4.72. The van der Waals surface area contributed by atoms with E-state index in [2.05, 4.69) is 13.8 Å². The summed E-state index contributed by atoms with van der Waals surface area (Å²) in [5, 5.41) is 10.2. The molecular formula is C10H20O2. The van der Waals surface area contributed by atoms with E-state index in [-0.39, 0.29) is 5.60 Å². The molecule has 1 atom stereocenters. The van der Waals surface area contributed by atoms with Crippen molar-refractivity contribution >= 4 is 0 Å². The van der Waals surface area contributed by atoms with E-state index in [4.69, 9.17) is 4.74 Å². The molecule has 2 nitrogen and oxygen atoms in total. The number of hydrogen-bond acceptors (Lipinski definition) is 2. The molecule has 0 saturated carbocycles. The topological polar surface area (TPSA) is 29.5 Å². The molecule has 0 aliphatic carbocycles. The van der Waals surface area contributed by atoms with Crippen molar-refractivity contribution in [1.29, 1.82) is 0 Å². The fourth-order valence-corrected chi connectivity index (χ4v) is 1.87. The molecule has 12 heavy (non-hydrogen) atoms. The minimum Gasteiger partial charge on any atom is -0.389 e. The van der Waals surface area contributed by atoms with Crippen LogP contribution in [0.25, 0.3) is 0 Å². The summed E-state index contributed by atoms with van der Waals surface area (Å²) in [5.74, 6) is 0.320. The normalized spacial score (nSPS) is 35.5. The fraction of sp³-hybridized carbons (Fsp3) is 1.00. The van der Waals surface area contributed by atoms with Gasteiger partial charge in [0.1, 0.15) is 0 Å². The smallest absolute Gasteiger partial charge is 0.0719 e. The van der Waals surface area contributed by atoms with Gasteiger partial charge in [-0.3, -0.25) is 0 Å². The summed E-state index contributed by atoms with van der Waals surface area (Å²) in [5.41, 5.74) is -0.668. The maximum atomic E-state index is 10.2. The molecule has 1 aliphatic rings. The van der Waals surface area contributed by atoms with Crippen molar-refractivity contribution in [1.82, 2.24) is 0 Å². The van der Waals surface area contributed by atoms with Crippen LogP contribution in [0.1, 0.15) is 40.5 Å². The average molecular weight is 172 g/mol. The molecule has 0 aromatic carbocycles. The maximum Gasteiger partial charge on any atom is 0.0719 e. The van der Waals surface area contributed by atoms with E-state index in [1.807, 2.05) is 13.8 Å². The molecule has 0 aromatic rings. The minimum atomic E-state index is -0.512. The van der Waals surface area contributed by atoms with Crippen molar-refractivity contribution in [3.05, 3.63) is 0 Å². The van der Waals surface area contributed by atoms with Gasteiger partial charge in [0.25, 0.3) is 0 Å². The predicted octanol–water partition coefficient (Wildman–Crippen LogP) is 1.96. The van der Waals surface area contributed by atoms with E-state index in [1.54, 1.807) is 0 Å². The highest BCUT2D eigenvalue weighted by atomic mass is 16.5. The summed E-state index contributed by atoms with van der Waals surface area (Å²) < 4.78 is 5.55. The Kier molecular flexibility index (Phi) is 2.50. The second-order valence-corrected chi connectivity index (χ2v) is 4.79. The highest BCUT2D eigenvalue weighted by Gasteiger charge is 2.41. The highest BCUT2D eigenvalue weighted by Crippen LogP contribution is 2.36. The van der Waals surface area contributed by atoms with Crippen LogP contribution in [0.3, 0.4) is 0 Å². The molecule has 0 radical (unpaired) electrons. The first kappa shape index (κ1) is 10.0. The van der Waals surface area contributed by atoms with Crippen molar-refractivity contribution in [3.63, 3.8) is 0 Å². The number of rotatable bonds is 1. The first-order valence-electron chi connectivity index (χ1n) is 4.72. The Morgan fingerprint density at radius 3 is 2.25 bits per heavy atom. The summed E-state index contributed by atoms with van der Waals surface area (Å²) in [7, 11) is 0.